The maximum Gasteiger partial charge on any atom is 0.0729 e. The van der Waals surface area contributed by atoms with Gasteiger partial charge < -0.3 is 5.11 Å². The molecule has 19 heavy (non-hydrogen) atoms. The zero-order valence-electron chi connectivity index (χ0n) is 11.3. The van der Waals surface area contributed by atoms with Crippen molar-refractivity contribution in [2.75, 3.05) is 0 Å². The number of aryl methyl sites for hydroxylation is 1. The maximum atomic E-state index is 10.5. The van der Waals surface area contributed by atoms with E-state index in [1.165, 1.54) is 24.6 Å². The van der Waals surface area contributed by atoms with E-state index in [0.717, 1.165) is 23.0 Å². The lowest BCUT2D eigenvalue weighted by atomic mass is 10.0. The second kappa shape index (κ2) is 4.07. The molecule has 1 aromatic carbocycles. The molecule has 0 aliphatic heterocycles. The van der Waals surface area contributed by atoms with Crippen molar-refractivity contribution in [2.24, 2.45) is 24.8 Å². The molecule has 0 saturated heterocycles. The third kappa shape index (κ3) is 1.71. The van der Waals surface area contributed by atoms with E-state index in [1.807, 2.05) is 23.9 Å². The second-order valence-electron chi connectivity index (χ2n) is 6.19. The Kier molecular flexibility index (Phi) is 2.46. The number of fused-ring (bicyclic) bond motifs is 2. The summed E-state index contributed by atoms with van der Waals surface area (Å²) in [6.07, 6.45) is 4.53. The summed E-state index contributed by atoms with van der Waals surface area (Å²) in [5, 5.41) is 16.2. The van der Waals surface area contributed by atoms with E-state index in [1.54, 1.807) is 0 Å². The van der Waals surface area contributed by atoms with Crippen molar-refractivity contribution in [3.8, 4) is 0 Å². The van der Waals surface area contributed by atoms with Gasteiger partial charge in [-0.25, -0.2) is 0 Å². The smallest absolute Gasteiger partial charge is 0.0729 e. The molecule has 0 amide bonds. The summed E-state index contributed by atoms with van der Waals surface area (Å²) >= 11 is 0. The first-order valence-electron chi connectivity index (χ1n) is 7.34. The first-order chi connectivity index (χ1) is 9.25. The first kappa shape index (κ1) is 11.5. The molecule has 100 valence electrons. The second-order valence-corrected chi connectivity index (χ2v) is 6.19. The van der Waals surface area contributed by atoms with Crippen molar-refractivity contribution in [1.82, 2.24) is 9.78 Å². The van der Waals surface area contributed by atoms with E-state index >= 15 is 0 Å². The Balaban J connectivity index is 1.58. The topological polar surface area (TPSA) is 38.0 Å². The van der Waals surface area contributed by atoms with Gasteiger partial charge in [0.05, 0.1) is 17.3 Å². The molecule has 1 N–H and O–H groups in total. The number of hydrogen-bond donors (Lipinski definition) is 1. The van der Waals surface area contributed by atoms with Crippen LogP contribution >= 0.6 is 0 Å². The fourth-order valence-corrected chi connectivity index (χ4v) is 4.22. The van der Waals surface area contributed by atoms with Gasteiger partial charge in [-0.1, -0.05) is 24.6 Å². The van der Waals surface area contributed by atoms with E-state index in [2.05, 4.69) is 17.2 Å². The SMILES string of the molecule is Cn1nc(CC(O)C2C3CCCC32)c2ccccc21. The molecular weight excluding hydrogens is 236 g/mol. The van der Waals surface area contributed by atoms with E-state index in [0.29, 0.717) is 12.3 Å². The number of rotatable bonds is 3. The van der Waals surface area contributed by atoms with Crippen LogP contribution in [0.3, 0.4) is 0 Å². The highest BCUT2D eigenvalue weighted by Gasteiger charge is 2.55. The molecule has 3 unspecified atom stereocenters. The largest absolute Gasteiger partial charge is 0.392 e. The number of aliphatic hydroxyl groups is 1. The zero-order chi connectivity index (χ0) is 13.0. The fraction of sp³-hybridized carbons (Fsp3) is 0.562. The van der Waals surface area contributed by atoms with Crippen LogP contribution in [0.1, 0.15) is 25.0 Å². The van der Waals surface area contributed by atoms with Crippen LogP contribution in [0, 0.1) is 17.8 Å². The van der Waals surface area contributed by atoms with Gasteiger partial charge in [-0.3, -0.25) is 4.68 Å². The van der Waals surface area contributed by atoms with Gasteiger partial charge in [0.25, 0.3) is 0 Å². The lowest BCUT2D eigenvalue weighted by Crippen LogP contribution is -2.17. The molecule has 4 rings (SSSR count). The molecule has 3 atom stereocenters. The predicted octanol–water partition coefficient (Wildman–Crippen LogP) is 2.52. The first-order valence-corrected chi connectivity index (χ1v) is 7.34. The molecule has 2 aliphatic rings. The number of para-hydroxylation sites is 1. The van der Waals surface area contributed by atoms with Gasteiger partial charge in [-0.2, -0.15) is 5.10 Å². The number of aliphatic hydroxyl groups excluding tert-OH is 1. The quantitative estimate of drug-likeness (QED) is 0.916. The van der Waals surface area contributed by atoms with E-state index < -0.39 is 0 Å². The molecule has 3 nitrogen and oxygen atoms in total. The normalized spacial score (nSPS) is 30.5. The Morgan fingerprint density at radius 2 is 2.05 bits per heavy atom. The summed E-state index contributed by atoms with van der Waals surface area (Å²) in [6.45, 7) is 0. The summed E-state index contributed by atoms with van der Waals surface area (Å²) in [5.41, 5.74) is 2.20. The summed E-state index contributed by atoms with van der Waals surface area (Å²) in [6, 6.07) is 8.28. The lowest BCUT2D eigenvalue weighted by molar-refractivity contribution is 0.134. The maximum absolute atomic E-state index is 10.5. The van der Waals surface area contributed by atoms with Crippen molar-refractivity contribution in [3.05, 3.63) is 30.0 Å². The average Bonchev–Trinajstić information content (AvgIpc) is 2.77. The predicted molar refractivity (Wildman–Crippen MR) is 74.7 cm³/mol. The molecule has 3 heteroatoms. The van der Waals surface area contributed by atoms with Crippen LogP contribution in [0.5, 0.6) is 0 Å². The monoisotopic (exact) mass is 256 g/mol. The summed E-state index contributed by atoms with van der Waals surface area (Å²) in [5.74, 6) is 2.17. The minimum absolute atomic E-state index is 0.200. The van der Waals surface area contributed by atoms with Crippen molar-refractivity contribution in [3.63, 3.8) is 0 Å². The minimum Gasteiger partial charge on any atom is -0.392 e. The van der Waals surface area contributed by atoms with Crippen molar-refractivity contribution in [2.45, 2.75) is 31.8 Å². The highest BCUT2D eigenvalue weighted by molar-refractivity contribution is 5.81. The van der Waals surface area contributed by atoms with Crippen LogP contribution in [-0.4, -0.2) is 21.0 Å². The van der Waals surface area contributed by atoms with E-state index in [4.69, 9.17) is 0 Å². The van der Waals surface area contributed by atoms with Gasteiger partial charge in [0, 0.05) is 18.9 Å². The van der Waals surface area contributed by atoms with Crippen LogP contribution in [0.2, 0.25) is 0 Å². The molecule has 1 aromatic heterocycles. The zero-order valence-corrected chi connectivity index (χ0v) is 11.3. The van der Waals surface area contributed by atoms with E-state index in [9.17, 15) is 5.11 Å². The molecule has 2 aliphatic carbocycles. The van der Waals surface area contributed by atoms with E-state index in [-0.39, 0.29) is 6.10 Å². The average molecular weight is 256 g/mol. The fourth-order valence-electron chi connectivity index (χ4n) is 4.22. The Morgan fingerprint density at radius 1 is 1.32 bits per heavy atom. The summed E-state index contributed by atoms with van der Waals surface area (Å²) in [4.78, 5) is 0. The molecule has 0 spiro atoms. The number of hydrogen-bond acceptors (Lipinski definition) is 2. The van der Waals surface area contributed by atoms with Crippen LogP contribution in [0.15, 0.2) is 24.3 Å². The van der Waals surface area contributed by atoms with Crippen LogP contribution in [-0.2, 0) is 13.5 Å². The highest BCUT2D eigenvalue weighted by Crippen LogP contribution is 2.59. The summed E-state index contributed by atoms with van der Waals surface area (Å²) < 4.78 is 1.92. The standard InChI is InChI=1S/C16H20N2O/c1-18-14-8-3-2-5-12(14)13(17-18)9-15(19)16-10-6-4-7-11(10)16/h2-3,5,8,10-11,15-16,19H,4,6-7,9H2,1H3. The third-order valence-electron chi connectivity index (χ3n) is 5.15. The third-order valence-corrected chi connectivity index (χ3v) is 5.15. The number of aromatic nitrogens is 2. The van der Waals surface area contributed by atoms with Gasteiger partial charge >= 0.3 is 0 Å². The number of nitrogens with zero attached hydrogens (tertiary/aromatic N) is 2. The van der Waals surface area contributed by atoms with Crippen molar-refractivity contribution in [1.29, 1.82) is 0 Å². The Bertz CT molecular complexity index is 608. The van der Waals surface area contributed by atoms with Crippen LogP contribution < -0.4 is 0 Å². The van der Waals surface area contributed by atoms with Gasteiger partial charge in [-0.05, 0) is 36.7 Å². The minimum atomic E-state index is -0.200. The summed E-state index contributed by atoms with van der Waals surface area (Å²) in [7, 11) is 1.98. The van der Waals surface area contributed by atoms with Crippen molar-refractivity contribution >= 4 is 10.9 Å². The molecular formula is C16H20N2O. The Hall–Kier alpha value is -1.35. The highest BCUT2D eigenvalue weighted by atomic mass is 16.3. The molecule has 2 fully saturated rings. The van der Waals surface area contributed by atoms with Gasteiger partial charge in [0.15, 0.2) is 0 Å². The molecule has 1 heterocycles. The van der Waals surface area contributed by atoms with Gasteiger partial charge in [0.1, 0.15) is 0 Å². The van der Waals surface area contributed by atoms with Crippen LogP contribution in [0.4, 0.5) is 0 Å². The van der Waals surface area contributed by atoms with Crippen LogP contribution in [0.25, 0.3) is 10.9 Å². The van der Waals surface area contributed by atoms with Crippen molar-refractivity contribution < 1.29 is 5.11 Å². The molecule has 2 saturated carbocycles. The molecule has 0 bridgehead atoms. The van der Waals surface area contributed by atoms with Gasteiger partial charge in [-0.15, -0.1) is 0 Å². The Morgan fingerprint density at radius 3 is 2.84 bits per heavy atom. The number of benzene rings is 1. The Labute approximate surface area is 113 Å². The lowest BCUT2D eigenvalue weighted by Gasteiger charge is -2.11. The van der Waals surface area contributed by atoms with Gasteiger partial charge in [0.2, 0.25) is 0 Å². The molecule has 2 aromatic rings. The molecule has 0 radical (unpaired) electrons.